The summed E-state index contributed by atoms with van der Waals surface area (Å²) in [5.41, 5.74) is 1.21. The van der Waals surface area contributed by atoms with Crippen molar-refractivity contribution in [3.63, 3.8) is 0 Å². The van der Waals surface area contributed by atoms with Crippen LogP contribution in [0.2, 0.25) is 0 Å². The monoisotopic (exact) mass is 390 g/mol. The molecule has 0 aromatic heterocycles. The molecule has 0 spiro atoms. The van der Waals surface area contributed by atoms with Gasteiger partial charge >= 0.3 is 0 Å². The summed E-state index contributed by atoms with van der Waals surface area (Å²) in [4.78, 5) is 0. The van der Waals surface area contributed by atoms with Crippen LogP contribution in [-0.4, -0.2) is 11.9 Å². The van der Waals surface area contributed by atoms with E-state index in [1.165, 1.54) is 44.1 Å². The first kappa shape index (κ1) is 17.0. The largest absolute Gasteiger partial charge is 0.493 e. The SMILES string of the molecule is Cc1ccc(Br)cc1OCCCCCCCCCBr. The van der Waals surface area contributed by atoms with E-state index in [0.717, 1.165) is 28.6 Å². The maximum absolute atomic E-state index is 5.83. The Morgan fingerprint density at radius 3 is 2.26 bits per heavy atom. The van der Waals surface area contributed by atoms with Gasteiger partial charge in [0.25, 0.3) is 0 Å². The van der Waals surface area contributed by atoms with Gasteiger partial charge in [0, 0.05) is 9.80 Å². The second kappa shape index (κ2) is 10.7. The Morgan fingerprint density at radius 2 is 1.58 bits per heavy atom. The van der Waals surface area contributed by atoms with Crippen LogP contribution in [0.3, 0.4) is 0 Å². The molecular weight excluding hydrogens is 368 g/mol. The number of hydrogen-bond donors (Lipinski definition) is 0. The summed E-state index contributed by atoms with van der Waals surface area (Å²) < 4.78 is 6.91. The molecule has 0 amide bonds. The number of benzene rings is 1. The third kappa shape index (κ3) is 7.98. The van der Waals surface area contributed by atoms with E-state index in [-0.39, 0.29) is 0 Å². The average Bonchev–Trinajstić information content (AvgIpc) is 2.40. The smallest absolute Gasteiger partial charge is 0.123 e. The molecule has 0 atom stereocenters. The fraction of sp³-hybridized carbons (Fsp3) is 0.625. The first-order chi connectivity index (χ1) is 9.24. The van der Waals surface area contributed by atoms with E-state index in [1.54, 1.807) is 0 Å². The number of ether oxygens (including phenoxy) is 1. The summed E-state index contributed by atoms with van der Waals surface area (Å²) in [6.07, 6.45) is 9.18. The Morgan fingerprint density at radius 1 is 0.947 bits per heavy atom. The van der Waals surface area contributed by atoms with Crippen molar-refractivity contribution >= 4 is 31.9 Å². The van der Waals surface area contributed by atoms with Crippen molar-refractivity contribution in [3.8, 4) is 5.75 Å². The maximum Gasteiger partial charge on any atom is 0.123 e. The molecule has 0 heterocycles. The zero-order valence-electron chi connectivity index (χ0n) is 11.8. The molecule has 1 nitrogen and oxygen atoms in total. The van der Waals surface area contributed by atoms with Gasteiger partial charge in [-0.25, -0.2) is 0 Å². The van der Waals surface area contributed by atoms with Crippen LogP contribution in [0, 0.1) is 6.92 Å². The number of halogens is 2. The molecule has 3 heteroatoms. The van der Waals surface area contributed by atoms with E-state index >= 15 is 0 Å². The molecule has 0 aliphatic rings. The Labute approximate surface area is 134 Å². The van der Waals surface area contributed by atoms with Crippen molar-refractivity contribution in [1.29, 1.82) is 0 Å². The summed E-state index contributed by atoms with van der Waals surface area (Å²) >= 11 is 6.94. The molecule has 0 saturated carbocycles. The molecule has 0 N–H and O–H groups in total. The lowest BCUT2D eigenvalue weighted by Crippen LogP contribution is -1.98. The lowest BCUT2D eigenvalue weighted by atomic mass is 10.1. The predicted molar refractivity (Wildman–Crippen MR) is 90.5 cm³/mol. The van der Waals surface area contributed by atoms with Gasteiger partial charge < -0.3 is 4.74 Å². The van der Waals surface area contributed by atoms with E-state index < -0.39 is 0 Å². The van der Waals surface area contributed by atoms with Gasteiger partial charge in [-0.05, 0) is 37.5 Å². The quantitative estimate of drug-likeness (QED) is 0.337. The van der Waals surface area contributed by atoms with E-state index in [0.29, 0.717) is 0 Å². The highest BCUT2D eigenvalue weighted by Crippen LogP contribution is 2.23. The Balaban J connectivity index is 2.03. The van der Waals surface area contributed by atoms with Gasteiger partial charge in [0.05, 0.1) is 6.61 Å². The van der Waals surface area contributed by atoms with Gasteiger partial charge in [-0.1, -0.05) is 70.0 Å². The molecule has 108 valence electrons. The highest BCUT2D eigenvalue weighted by atomic mass is 79.9. The van der Waals surface area contributed by atoms with Crippen molar-refractivity contribution in [2.45, 2.75) is 51.9 Å². The molecule has 1 rings (SSSR count). The average molecular weight is 392 g/mol. The minimum Gasteiger partial charge on any atom is -0.493 e. The predicted octanol–water partition coefficient (Wildman–Crippen LogP) is 6.26. The maximum atomic E-state index is 5.83. The molecule has 0 saturated heterocycles. The number of unbranched alkanes of at least 4 members (excludes halogenated alkanes) is 6. The second-order valence-corrected chi connectivity index (χ2v) is 6.63. The molecule has 1 aromatic carbocycles. The molecule has 0 radical (unpaired) electrons. The summed E-state index contributed by atoms with van der Waals surface area (Å²) in [6.45, 7) is 2.92. The topological polar surface area (TPSA) is 9.23 Å². The van der Waals surface area contributed by atoms with Crippen LogP contribution in [0.15, 0.2) is 22.7 Å². The summed E-state index contributed by atoms with van der Waals surface area (Å²) in [5.74, 6) is 1.01. The van der Waals surface area contributed by atoms with Crippen molar-refractivity contribution in [3.05, 3.63) is 28.2 Å². The normalized spacial score (nSPS) is 10.7. The van der Waals surface area contributed by atoms with Crippen LogP contribution in [0.25, 0.3) is 0 Å². The van der Waals surface area contributed by atoms with Gasteiger partial charge in [-0.3, -0.25) is 0 Å². The lowest BCUT2D eigenvalue weighted by molar-refractivity contribution is 0.302. The van der Waals surface area contributed by atoms with Crippen molar-refractivity contribution < 1.29 is 4.74 Å². The Bertz CT molecular complexity index is 353. The zero-order chi connectivity index (χ0) is 13.9. The van der Waals surface area contributed by atoms with Crippen LogP contribution < -0.4 is 4.74 Å². The molecule has 1 aromatic rings. The summed E-state index contributed by atoms with van der Waals surface area (Å²) in [7, 11) is 0. The van der Waals surface area contributed by atoms with Crippen LogP contribution in [0.5, 0.6) is 5.75 Å². The minimum absolute atomic E-state index is 0.832. The van der Waals surface area contributed by atoms with Gasteiger partial charge in [-0.2, -0.15) is 0 Å². The molecule has 0 fully saturated rings. The second-order valence-electron chi connectivity index (χ2n) is 4.92. The highest BCUT2D eigenvalue weighted by Gasteiger charge is 2.00. The van der Waals surface area contributed by atoms with Gasteiger partial charge in [0.15, 0.2) is 0 Å². The number of rotatable bonds is 10. The third-order valence-electron chi connectivity index (χ3n) is 3.19. The van der Waals surface area contributed by atoms with Crippen molar-refractivity contribution in [1.82, 2.24) is 0 Å². The Hall–Kier alpha value is -0.0200. The molecule has 0 aliphatic carbocycles. The third-order valence-corrected chi connectivity index (χ3v) is 4.24. The fourth-order valence-electron chi connectivity index (χ4n) is 1.99. The number of alkyl halides is 1. The van der Waals surface area contributed by atoms with Gasteiger partial charge in [-0.15, -0.1) is 0 Å². The molecular formula is C16H24Br2O. The summed E-state index contributed by atoms with van der Waals surface area (Å²) in [5, 5.41) is 1.15. The fourth-order valence-corrected chi connectivity index (χ4v) is 2.73. The number of hydrogen-bond acceptors (Lipinski definition) is 1. The number of aryl methyl sites for hydroxylation is 1. The standard InChI is InChI=1S/C16H24Br2O/c1-14-9-10-15(18)13-16(14)19-12-8-6-4-2-3-5-7-11-17/h9-10,13H,2-8,11-12H2,1H3. The lowest BCUT2D eigenvalue weighted by Gasteiger charge is -2.09. The first-order valence-corrected chi connectivity index (χ1v) is 9.10. The van der Waals surface area contributed by atoms with Crippen molar-refractivity contribution in [2.24, 2.45) is 0 Å². The molecule has 0 aliphatic heterocycles. The van der Waals surface area contributed by atoms with Crippen LogP contribution in [-0.2, 0) is 0 Å². The van der Waals surface area contributed by atoms with Gasteiger partial charge in [0.1, 0.15) is 5.75 Å². The van der Waals surface area contributed by atoms with Gasteiger partial charge in [0.2, 0.25) is 0 Å². The van der Waals surface area contributed by atoms with Crippen LogP contribution >= 0.6 is 31.9 Å². The Kier molecular flexibility index (Phi) is 9.62. The van der Waals surface area contributed by atoms with E-state index in [9.17, 15) is 0 Å². The van der Waals surface area contributed by atoms with Crippen molar-refractivity contribution in [2.75, 3.05) is 11.9 Å². The summed E-state index contributed by atoms with van der Waals surface area (Å²) in [6, 6.07) is 6.19. The van der Waals surface area contributed by atoms with E-state index in [4.69, 9.17) is 4.74 Å². The molecule has 0 bridgehead atoms. The molecule has 0 unspecified atom stereocenters. The zero-order valence-corrected chi connectivity index (χ0v) is 14.9. The molecule has 19 heavy (non-hydrogen) atoms. The van der Waals surface area contributed by atoms with Crippen LogP contribution in [0.1, 0.15) is 50.5 Å². The van der Waals surface area contributed by atoms with E-state index in [1.807, 2.05) is 0 Å². The minimum atomic E-state index is 0.832. The first-order valence-electron chi connectivity index (χ1n) is 7.19. The van der Waals surface area contributed by atoms with E-state index in [2.05, 4.69) is 57.0 Å². The van der Waals surface area contributed by atoms with Crippen LogP contribution in [0.4, 0.5) is 0 Å². The highest BCUT2D eigenvalue weighted by molar-refractivity contribution is 9.10.